The summed E-state index contributed by atoms with van der Waals surface area (Å²) in [5, 5.41) is 4.67. The molecule has 0 aliphatic carbocycles. The van der Waals surface area contributed by atoms with Crippen molar-refractivity contribution in [2.45, 2.75) is 45.6 Å². The number of nitrogens with zero attached hydrogens (tertiary/aromatic N) is 5. The van der Waals surface area contributed by atoms with Crippen molar-refractivity contribution in [3.05, 3.63) is 53.6 Å². The van der Waals surface area contributed by atoms with E-state index in [1.54, 1.807) is 32.6 Å². The number of piperazine rings is 1. The lowest BCUT2D eigenvalue weighted by Crippen LogP contribution is -2.60. The Bertz CT molecular complexity index is 1180. The van der Waals surface area contributed by atoms with Crippen molar-refractivity contribution < 1.29 is 14.0 Å². The predicted molar refractivity (Wildman–Crippen MR) is 120 cm³/mol. The third-order valence-electron chi connectivity index (χ3n) is 5.92. The quantitative estimate of drug-likeness (QED) is 0.588. The minimum Gasteiger partial charge on any atom is -0.341 e. The minimum atomic E-state index is -0.508. The van der Waals surface area contributed by atoms with Crippen LogP contribution < -0.4 is 0 Å². The molecule has 168 valence electrons. The normalized spacial score (nSPS) is 16.4. The molecule has 0 spiro atoms. The van der Waals surface area contributed by atoms with Gasteiger partial charge in [-0.3, -0.25) is 9.59 Å². The van der Waals surface area contributed by atoms with E-state index >= 15 is 0 Å². The van der Waals surface area contributed by atoms with Crippen molar-refractivity contribution in [2.24, 2.45) is 0 Å². The highest BCUT2D eigenvalue weighted by Crippen LogP contribution is 2.30. The van der Waals surface area contributed by atoms with Crippen LogP contribution in [0.3, 0.4) is 0 Å². The number of halogens is 1. The molecule has 0 radical (unpaired) electrons. The van der Waals surface area contributed by atoms with E-state index in [2.05, 4.69) is 30.9 Å². The standard InChI is InChI=1S/C24H28FN5O2/c1-23(2,3)18-12-19(16-6-8-17(25)9-7-16)27-30-13-20(26-21(18)30)22(32)29-11-10-28(15-31)14-24(29,4)5/h6-9,12-13,15H,10-11,14H2,1-5H3. The molecule has 0 atom stereocenters. The number of imidazole rings is 1. The van der Waals surface area contributed by atoms with Gasteiger partial charge in [0.25, 0.3) is 5.91 Å². The van der Waals surface area contributed by atoms with E-state index in [0.717, 1.165) is 17.5 Å². The molecule has 1 aliphatic rings. The first-order chi connectivity index (χ1) is 15.0. The maximum atomic E-state index is 13.4. The average Bonchev–Trinajstić information content (AvgIpc) is 3.15. The third kappa shape index (κ3) is 3.97. The van der Waals surface area contributed by atoms with Gasteiger partial charge < -0.3 is 9.80 Å². The fourth-order valence-electron chi connectivity index (χ4n) is 4.19. The van der Waals surface area contributed by atoms with Crippen molar-refractivity contribution in [3.63, 3.8) is 0 Å². The number of fused-ring (bicyclic) bond motifs is 1. The molecule has 1 aliphatic heterocycles. The largest absolute Gasteiger partial charge is 0.341 e. The molecule has 0 saturated carbocycles. The SMILES string of the molecule is CC(C)(C)c1cc(-c2ccc(F)cc2)nn2cc(C(=O)N3CCN(C=O)CC3(C)C)nc12. The molecule has 1 fully saturated rings. The molecule has 1 saturated heterocycles. The average molecular weight is 438 g/mol. The van der Waals surface area contributed by atoms with Gasteiger partial charge in [0.1, 0.15) is 11.5 Å². The number of amides is 2. The number of carbonyl (C=O) groups excluding carboxylic acids is 2. The van der Waals surface area contributed by atoms with Gasteiger partial charge in [-0.2, -0.15) is 5.10 Å². The molecule has 0 N–H and O–H groups in total. The van der Waals surface area contributed by atoms with Gasteiger partial charge in [-0.25, -0.2) is 13.9 Å². The summed E-state index contributed by atoms with van der Waals surface area (Å²) in [6.45, 7) is 11.5. The lowest BCUT2D eigenvalue weighted by atomic mass is 9.87. The fourth-order valence-corrected chi connectivity index (χ4v) is 4.19. The van der Waals surface area contributed by atoms with Crippen molar-refractivity contribution >= 4 is 18.0 Å². The second-order valence-electron chi connectivity index (χ2n) is 9.94. The highest BCUT2D eigenvalue weighted by Gasteiger charge is 2.38. The van der Waals surface area contributed by atoms with Gasteiger partial charge in [0.15, 0.2) is 5.65 Å². The van der Waals surface area contributed by atoms with Crippen LogP contribution in [0.4, 0.5) is 4.39 Å². The molecular weight excluding hydrogens is 409 g/mol. The predicted octanol–water partition coefficient (Wildman–Crippen LogP) is 3.53. The second-order valence-corrected chi connectivity index (χ2v) is 9.94. The Morgan fingerprint density at radius 3 is 2.44 bits per heavy atom. The topological polar surface area (TPSA) is 70.8 Å². The molecule has 0 unspecified atom stereocenters. The Balaban J connectivity index is 1.78. The molecule has 0 bridgehead atoms. The molecule has 7 nitrogen and oxygen atoms in total. The maximum absolute atomic E-state index is 13.4. The Morgan fingerprint density at radius 1 is 1.16 bits per heavy atom. The van der Waals surface area contributed by atoms with E-state index in [1.807, 2.05) is 19.9 Å². The van der Waals surface area contributed by atoms with E-state index in [-0.39, 0.29) is 17.1 Å². The molecule has 32 heavy (non-hydrogen) atoms. The summed E-state index contributed by atoms with van der Waals surface area (Å²) in [4.78, 5) is 32.7. The van der Waals surface area contributed by atoms with Gasteiger partial charge in [0.2, 0.25) is 6.41 Å². The lowest BCUT2D eigenvalue weighted by molar-refractivity contribution is -0.122. The zero-order valence-electron chi connectivity index (χ0n) is 19.1. The summed E-state index contributed by atoms with van der Waals surface area (Å²) in [5.41, 5.74) is 2.58. The maximum Gasteiger partial charge on any atom is 0.274 e. The van der Waals surface area contributed by atoms with Crippen LogP contribution >= 0.6 is 0 Å². The summed E-state index contributed by atoms with van der Waals surface area (Å²) in [5.74, 6) is -0.493. The van der Waals surface area contributed by atoms with Gasteiger partial charge in [-0.15, -0.1) is 0 Å². The Kier molecular flexibility index (Phi) is 5.27. The van der Waals surface area contributed by atoms with Gasteiger partial charge in [0, 0.05) is 30.8 Å². The summed E-state index contributed by atoms with van der Waals surface area (Å²) in [7, 11) is 0. The van der Waals surface area contributed by atoms with E-state index in [4.69, 9.17) is 0 Å². The number of aromatic nitrogens is 3. The second kappa shape index (κ2) is 7.69. The van der Waals surface area contributed by atoms with Gasteiger partial charge in [-0.05, 0) is 49.6 Å². The first-order valence-electron chi connectivity index (χ1n) is 10.7. The van der Waals surface area contributed by atoms with Crippen LogP contribution in [0.5, 0.6) is 0 Å². The van der Waals surface area contributed by atoms with Crippen LogP contribution in [0, 0.1) is 5.82 Å². The Morgan fingerprint density at radius 2 is 1.84 bits per heavy atom. The number of hydrogen-bond donors (Lipinski definition) is 0. The molecule has 1 aromatic carbocycles. The van der Waals surface area contributed by atoms with E-state index in [0.29, 0.717) is 36.7 Å². The summed E-state index contributed by atoms with van der Waals surface area (Å²) >= 11 is 0. The van der Waals surface area contributed by atoms with Crippen LogP contribution in [-0.4, -0.2) is 61.9 Å². The molecule has 3 heterocycles. The van der Waals surface area contributed by atoms with E-state index < -0.39 is 5.54 Å². The monoisotopic (exact) mass is 437 g/mol. The molecule has 8 heteroatoms. The molecular formula is C24H28FN5O2. The summed E-state index contributed by atoms with van der Waals surface area (Å²) in [6, 6.07) is 8.14. The number of rotatable bonds is 3. The molecule has 3 aromatic rings. The summed E-state index contributed by atoms with van der Waals surface area (Å²) in [6.07, 6.45) is 2.48. The van der Waals surface area contributed by atoms with Crippen LogP contribution in [0.2, 0.25) is 0 Å². The lowest BCUT2D eigenvalue weighted by Gasteiger charge is -2.45. The molecule has 2 aromatic heterocycles. The van der Waals surface area contributed by atoms with Crippen molar-refractivity contribution in [2.75, 3.05) is 19.6 Å². The third-order valence-corrected chi connectivity index (χ3v) is 5.92. The smallest absolute Gasteiger partial charge is 0.274 e. The molecule has 2 amide bonds. The van der Waals surface area contributed by atoms with Crippen LogP contribution in [0.15, 0.2) is 36.5 Å². The molecule has 4 rings (SSSR count). The number of benzene rings is 1. The van der Waals surface area contributed by atoms with Crippen molar-refractivity contribution in [3.8, 4) is 11.3 Å². The van der Waals surface area contributed by atoms with Crippen LogP contribution in [0.25, 0.3) is 16.9 Å². The first-order valence-corrected chi connectivity index (χ1v) is 10.7. The van der Waals surface area contributed by atoms with Gasteiger partial charge in [-0.1, -0.05) is 20.8 Å². The van der Waals surface area contributed by atoms with E-state index in [9.17, 15) is 14.0 Å². The van der Waals surface area contributed by atoms with Crippen LogP contribution in [-0.2, 0) is 10.2 Å². The minimum absolute atomic E-state index is 0.186. The fraction of sp³-hybridized carbons (Fsp3) is 0.417. The first kappa shape index (κ1) is 21.9. The van der Waals surface area contributed by atoms with Crippen LogP contribution in [0.1, 0.15) is 50.7 Å². The Labute approximate surface area is 186 Å². The Hall–Kier alpha value is -3.29. The zero-order valence-corrected chi connectivity index (χ0v) is 19.1. The number of hydrogen-bond acceptors (Lipinski definition) is 4. The highest BCUT2D eigenvalue weighted by atomic mass is 19.1. The van der Waals surface area contributed by atoms with Crippen molar-refractivity contribution in [1.82, 2.24) is 24.4 Å². The summed E-state index contributed by atoms with van der Waals surface area (Å²) < 4.78 is 15.0. The van der Waals surface area contributed by atoms with E-state index in [1.165, 1.54) is 12.1 Å². The van der Waals surface area contributed by atoms with Gasteiger partial charge >= 0.3 is 0 Å². The zero-order chi connectivity index (χ0) is 23.3. The van der Waals surface area contributed by atoms with Crippen molar-refractivity contribution in [1.29, 1.82) is 0 Å². The van der Waals surface area contributed by atoms with Gasteiger partial charge in [0.05, 0.1) is 17.4 Å². The highest BCUT2D eigenvalue weighted by molar-refractivity contribution is 5.93. The number of carbonyl (C=O) groups is 2.